The molecule has 12 heavy (non-hydrogen) atoms. The van der Waals surface area contributed by atoms with Crippen LogP contribution in [0.15, 0.2) is 18.2 Å². The summed E-state index contributed by atoms with van der Waals surface area (Å²) < 4.78 is 5.53. The third kappa shape index (κ3) is 1.64. The van der Waals surface area contributed by atoms with Crippen molar-refractivity contribution in [3.05, 3.63) is 23.2 Å². The maximum Gasteiger partial charge on any atom is 0.144 e. The van der Waals surface area contributed by atoms with Gasteiger partial charge in [0.05, 0.1) is 11.8 Å². The highest BCUT2D eigenvalue weighted by Crippen LogP contribution is 2.32. The van der Waals surface area contributed by atoms with Crippen molar-refractivity contribution in [3.63, 3.8) is 0 Å². The van der Waals surface area contributed by atoms with E-state index in [1.807, 2.05) is 0 Å². The average Bonchev–Trinajstić information content (AvgIpc) is 2.81. The van der Waals surface area contributed by atoms with Gasteiger partial charge in [-0.05, 0) is 25.0 Å². The van der Waals surface area contributed by atoms with Crippen LogP contribution in [0.2, 0.25) is 5.02 Å². The zero-order valence-corrected chi connectivity index (χ0v) is 7.34. The number of nitrogens with two attached hydrogens (primary N) is 1. The molecular formula is C9H10ClNO. The molecule has 1 fully saturated rings. The van der Waals surface area contributed by atoms with E-state index in [1.165, 1.54) is 0 Å². The van der Waals surface area contributed by atoms with E-state index < -0.39 is 0 Å². The lowest BCUT2D eigenvalue weighted by atomic mass is 10.3. The van der Waals surface area contributed by atoms with Gasteiger partial charge in [0.25, 0.3) is 0 Å². The first-order chi connectivity index (χ1) is 5.75. The predicted octanol–water partition coefficient (Wildman–Crippen LogP) is 2.46. The smallest absolute Gasteiger partial charge is 0.144 e. The van der Waals surface area contributed by atoms with E-state index in [4.69, 9.17) is 22.1 Å². The van der Waals surface area contributed by atoms with Crippen molar-refractivity contribution in [1.82, 2.24) is 0 Å². The lowest BCUT2D eigenvalue weighted by molar-refractivity contribution is 0.305. The van der Waals surface area contributed by atoms with Gasteiger partial charge >= 0.3 is 0 Å². The number of halogens is 1. The van der Waals surface area contributed by atoms with Crippen LogP contribution in [0.5, 0.6) is 5.75 Å². The second-order valence-corrected chi connectivity index (χ2v) is 3.44. The van der Waals surface area contributed by atoms with Gasteiger partial charge in [-0.15, -0.1) is 0 Å². The highest BCUT2D eigenvalue weighted by molar-refractivity contribution is 6.30. The summed E-state index contributed by atoms with van der Waals surface area (Å²) >= 11 is 5.79. The summed E-state index contributed by atoms with van der Waals surface area (Å²) in [6, 6.07) is 5.28. The van der Waals surface area contributed by atoms with Crippen LogP contribution in [0.3, 0.4) is 0 Å². The van der Waals surface area contributed by atoms with E-state index >= 15 is 0 Å². The molecule has 1 saturated carbocycles. The minimum atomic E-state index is 0.366. The predicted molar refractivity (Wildman–Crippen MR) is 49.5 cm³/mol. The fraction of sp³-hybridized carbons (Fsp3) is 0.333. The molecule has 64 valence electrons. The van der Waals surface area contributed by atoms with Gasteiger partial charge < -0.3 is 10.5 Å². The maximum absolute atomic E-state index is 5.79. The molecule has 0 bridgehead atoms. The number of anilines is 1. The molecule has 2 nitrogen and oxygen atoms in total. The number of nitrogen functional groups attached to an aromatic ring is 1. The average molecular weight is 184 g/mol. The Hall–Kier alpha value is -0.890. The Labute approximate surface area is 76.3 Å². The number of benzene rings is 1. The molecule has 0 radical (unpaired) electrons. The van der Waals surface area contributed by atoms with Gasteiger partial charge in [-0.25, -0.2) is 0 Å². The van der Waals surface area contributed by atoms with Gasteiger partial charge in [0.1, 0.15) is 5.75 Å². The van der Waals surface area contributed by atoms with Gasteiger partial charge in [0.2, 0.25) is 0 Å². The van der Waals surface area contributed by atoms with Crippen molar-refractivity contribution in [2.24, 2.45) is 0 Å². The Bertz CT molecular complexity index is 297. The SMILES string of the molecule is Nc1ccc(Cl)cc1OC1CC1. The van der Waals surface area contributed by atoms with Crippen LogP contribution in [0.4, 0.5) is 5.69 Å². The number of rotatable bonds is 2. The lowest BCUT2D eigenvalue weighted by Crippen LogP contribution is -1.99. The van der Waals surface area contributed by atoms with Gasteiger partial charge in [-0.2, -0.15) is 0 Å². The molecule has 1 aliphatic rings. The number of hydrogen-bond donors (Lipinski definition) is 1. The number of hydrogen-bond acceptors (Lipinski definition) is 2. The molecule has 0 heterocycles. The summed E-state index contributed by atoms with van der Waals surface area (Å²) in [4.78, 5) is 0. The maximum atomic E-state index is 5.79. The molecule has 1 aromatic rings. The van der Waals surface area contributed by atoms with Crippen molar-refractivity contribution in [2.75, 3.05) is 5.73 Å². The first-order valence-corrected chi connectivity index (χ1v) is 4.35. The summed E-state index contributed by atoms with van der Waals surface area (Å²) in [5, 5.41) is 0.667. The zero-order valence-electron chi connectivity index (χ0n) is 6.59. The quantitative estimate of drug-likeness (QED) is 0.715. The van der Waals surface area contributed by atoms with Crippen LogP contribution in [0, 0.1) is 0 Å². The van der Waals surface area contributed by atoms with E-state index in [0.29, 0.717) is 22.6 Å². The molecule has 1 aliphatic carbocycles. The fourth-order valence-electron chi connectivity index (χ4n) is 0.976. The summed E-state index contributed by atoms with van der Waals surface area (Å²) in [6.45, 7) is 0. The van der Waals surface area contributed by atoms with Crippen LogP contribution in [0.25, 0.3) is 0 Å². The highest BCUT2D eigenvalue weighted by Gasteiger charge is 2.24. The zero-order chi connectivity index (χ0) is 8.55. The summed E-state index contributed by atoms with van der Waals surface area (Å²) in [5.74, 6) is 0.713. The first-order valence-electron chi connectivity index (χ1n) is 3.97. The Balaban J connectivity index is 2.21. The standard InChI is InChI=1S/C9H10ClNO/c10-6-1-4-8(11)9(5-6)12-7-2-3-7/h1,4-5,7H,2-3,11H2. The van der Waals surface area contributed by atoms with Crippen molar-refractivity contribution >= 4 is 17.3 Å². The first kappa shape index (κ1) is 7.74. The minimum absolute atomic E-state index is 0.366. The van der Waals surface area contributed by atoms with Crippen molar-refractivity contribution < 1.29 is 4.74 Å². The van der Waals surface area contributed by atoms with E-state index in [1.54, 1.807) is 18.2 Å². The van der Waals surface area contributed by atoms with Crippen molar-refractivity contribution in [2.45, 2.75) is 18.9 Å². The van der Waals surface area contributed by atoms with Crippen LogP contribution in [-0.4, -0.2) is 6.10 Å². The minimum Gasteiger partial charge on any atom is -0.488 e. The normalized spacial score (nSPS) is 16.1. The van der Waals surface area contributed by atoms with Crippen LogP contribution in [0.1, 0.15) is 12.8 Å². The molecular weight excluding hydrogens is 174 g/mol. The Kier molecular flexibility index (Phi) is 1.85. The van der Waals surface area contributed by atoms with Crippen LogP contribution < -0.4 is 10.5 Å². The molecule has 0 amide bonds. The largest absolute Gasteiger partial charge is 0.488 e. The van der Waals surface area contributed by atoms with Gasteiger partial charge in [-0.3, -0.25) is 0 Å². The second kappa shape index (κ2) is 2.87. The van der Waals surface area contributed by atoms with Gasteiger partial charge in [0, 0.05) is 11.1 Å². The summed E-state index contributed by atoms with van der Waals surface area (Å²) in [7, 11) is 0. The van der Waals surface area contributed by atoms with E-state index in [0.717, 1.165) is 12.8 Å². The highest BCUT2D eigenvalue weighted by atomic mass is 35.5. The monoisotopic (exact) mass is 183 g/mol. The molecule has 0 aliphatic heterocycles. The van der Waals surface area contributed by atoms with E-state index in [-0.39, 0.29) is 0 Å². The Morgan fingerprint density at radius 3 is 2.83 bits per heavy atom. The molecule has 0 spiro atoms. The van der Waals surface area contributed by atoms with Gasteiger partial charge in [-0.1, -0.05) is 11.6 Å². The molecule has 0 saturated heterocycles. The molecule has 1 aromatic carbocycles. The lowest BCUT2D eigenvalue weighted by Gasteiger charge is -2.07. The molecule has 3 heteroatoms. The molecule has 0 atom stereocenters. The van der Waals surface area contributed by atoms with E-state index in [9.17, 15) is 0 Å². The third-order valence-electron chi connectivity index (χ3n) is 1.79. The Morgan fingerprint density at radius 1 is 1.42 bits per heavy atom. The third-order valence-corrected chi connectivity index (χ3v) is 2.03. The van der Waals surface area contributed by atoms with Crippen LogP contribution in [-0.2, 0) is 0 Å². The Morgan fingerprint density at radius 2 is 2.17 bits per heavy atom. The molecule has 0 aromatic heterocycles. The topological polar surface area (TPSA) is 35.2 Å². The molecule has 2 N–H and O–H groups in total. The summed E-state index contributed by atoms with van der Waals surface area (Å²) in [5.41, 5.74) is 6.34. The van der Waals surface area contributed by atoms with Crippen molar-refractivity contribution in [3.8, 4) is 5.75 Å². The van der Waals surface area contributed by atoms with Crippen LogP contribution >= 0.6 is 11.6 Å². The van der Waals surface area contributed by atoms with Gasteiger partial charge in [0.15, 0.2) is 0 Å². The molecule has 0 unspecified atom stereocenters. The second-order valence-electron chi connectivity index (χ2n) is 3.00. The summed E-state index contributed by atoms with van der Waals surface area (Å²) in [6.07, 6.45) is 2.63. The molecule has 2 rings (SSSR count). The number of ether oxygens (including phenoxy) is 1. The van der Waals surface area contributed by atoms with Crippen molar-refractivity contribution in [1.29, 1.82) is 0 Å². The van der Waals surface area contributed by atoms with E-state index in [2.05, 4.69) is 0 Å². The fourth-order valence-corrected chi connectivity index (χ4v) is 1.14.